The molecule has 0 fully saturated rings. The maximum absolute atomic E-state index is 10.5. The number of hydrazone groups is 2. The van der Waals surface area contributed by atoms with Crippen LogP contribution in [0.5, 0.6) is 11.5 Å². The average Bonchev–Trinajstić information content (AvgIpc) is 2.97. The number of ether oxygens (including phenoxy) is 2. The number of benzene rings is 2. The molecule has 2 rings (SSSR count). The van der Waals surface area contributed by atoms with Gasteiger partial charge in [0.25, 0.3) is 0 Å². The molecular weight excluding hydrogens is 620 g/mol. The minimum atomic E-state index is -1.76. The summed E-state index contributed by atoms with van der Waals surface area (Å²) in [5, 5.41) is 47.4. The molecule has 15 heteroatoms. The quantitative estimate of drug-likeness (QED) is 0.0525. The fraction of sp³-hybridized carbons (Fsp3) is 0.385. The van der Waals surface area contributed by atoms with E-state index in [1.54, 1.807) is 0 Å². The Labute approximate surface area is 261 Å². The monoisotopic (exact) mass is 653 g/mol. The van der Waals surface area contributed by atoms with Crippen LogP contribution in [0.2, 0.25) is 0 Å². The van der Waals surface area contributed by atoms with Crippen LogP contribution in [0.25, 0.3) is 0 Å². The first-order valence-corrected chi connectivity index (χ1v) is 13.2. The number of aliphatic hydroxyl groups is 4. The number of nitrogens with one attached hydrogen (secondary N) is 2. The van der Waals surface area contributed by atoms with Crippen LogP contribution in [0.15, 0.2) is 68.7 Å². The van der Waals surface area contributed by atoms with Crippen molar-refractivity contribution in [1.29, 1.82) is 0 Å². The van der Waals surface area contributed by atoms with Gasteiger partial charge in [0.15, 0.2) is 0 Å². The van der Waals surface area contributed by atoms with Crippen LogP contribution in [0.1, 0.15) is 25.0 Å². The largest absolute Gasteiger partial charge is 2.00 e. The summed E-state index contributed by atoms with van der Waals surface area (Å²) in [5.41, 5.74) is 6.60. The summed E-state index contributed by atoms with van der Waals surface area (Å²) in [4.78, 5) is 8.42. The Bertz CT molecular complexity index is 1150. The van der Waals surface area contributed by atoms with Crippen LogP contribution in [-0.4, -0.2) is 80.8 Å². The molecular formula is C26H34CuN6O6S2. The molecule has 3 atom stereocenters. The van der Waals surface area contributed by atoms with E-state index in [0.717, 1.165) is 28.8 Å². The fourth-order valence-corrected chi connectivity index (χ4v) is 3.27. The van der Waals surface area contributed by atoms with E-state index in [-0.39, 0.29) is 39.7 Å². The van der Waals surface area contributed by atoms with Gasteiger partial charge in [0.2, 0.25) is 0 Å². The zero-order valence-electron chi connectivity index (χ0n) is 22.5. The normalized spacial score (nSPS) is 14.6. The zero-order valence-corrected chi connectivity index (χ0v) is 25.1. The third-order valence-electron chi connectivity index (χ3n) is 5.12. The van der Waals surface area contributed by atoms with Crippen LogP contribution >= 0.6 is 0 Å². The maximum Gasteiger partial charge on any atom is 2.00 e. The number of hydrogen-bond acceptors (Lipinski definition) is 12. The molecule has 2 aromatic rings. The van der Waals surface area contributed by atoms with Crippen molar-refractivity contribution in [3.8, 4) is 11.5 Å². The first kappa shape index (κ1) is 36.1. The third-order valence-corrected chi connectivity index (χ3v) is 5.57. The SMILES string of the molecule is CCOc1ccc(CN=C([S-])N/N=C(/C=N/NC([S-])=NCc2ccc(OCC)cc2)C(O)C(O)C(O)CO)cc1.[Cu+2]. The molecule has 2 aromatic carbocycles. The van der Waals surface area contributed by atoms with Gasteiger partial charge in [-0.05, 0) is 59.6 Å². The topological polar surface area (TPSA) is 173 Å². The summed E-state index contributed by atoms with van der Waals surface area (Å²) in [6.07, 6.45) is -4.05. The molecule has 0 heterocycles. The van der Waals surface area contributed by atoms with Gasteiger partial charge in [-0.2, -0.15) is 10.2 Å². The summed E-state index contributed by atoms with van der Waals surface area (Å²) in [6.45, 7) is 4.73. The molecule has 0 aliphatic carbocycles. The van der Waals surface area contributed by atoms with Gasteiger partial charge in [0.05, 0.1) is 39.1 Å². The fourth-order valence-electron chi connectivity index (χ4n) is 3.04. The van der Waals surface area contributed by atoms with E-state index < -0.39 is 24.9 Å². The van der Waals surface area contributed by atoms with Gasteiger partial charge in [-0.25, -0.2) is 0 Å². The first-order valence-electron chi connectivity index (χ1n) is 12.4. The van der Waals surface area contributed by atoms with E-state index in [2.05, 4.69) is 31.0 Å². The smallest absolute Gasteiger partial charge is 0.741 e. The first-order chi connectivity index (χ1) is 19.3. The van der Waals surface area contributed by atoms with Crippen LogP contribution in [0, 0.1) is 0 Å². The van der Waals surface area contributed by atoms with Crippen molar-refractivity contribution in [1.82, 2.24) is 10.9 Å². The molecule has 0 amide bonds. The Morgan fingerprint density at radius 1 is 0.829 bits per heavy atom. The average molecular weight is 654 g/mol. The standard InChI is InChI=1S/C26H36N6O6S2.Cu/c1-3-37-19-9-5-17(6-10-19)13-27-25(39)31-29-15-21(23(35)24(36)22(34)16-33)30-32-26(40)28-14-18-7-11-20(12-8-18)38-4-2;/h5-12,15,22-24,33-36H,3-4,13-14,16H2,1-2H3,(H2,27,31,39)(H2,28,32,40);/q;+2/p-2/b29-15+,30-21-;. The van der Waals surface area contributed by atoms with Gasteiger partial charge in [-0.15, -0.1) is 0 Å². The third kappa shape index (κ3) is 13.6. The van der Waals surface area contributed by atoms with E-state index in [0.29, 0.717) is 19.8 Å². The summed E-state index contributed by atoms with van der Waals surface area (Å²) < 4.78 is 10.8. The molecule has 41 heavy (non-hydrogen) atoms. The number of hydrogen-bond donors (Lipinski definition) is 6. The summed E-state index contributed by atoms with van der Waals surface area (Å²) in [7, 11) is 0. The molecule has 12 nitrogen and oxygen atoms in total. The van der Waals surface area contributed by atoms with Crippen LogP contribution in [0.4, 0.5) is 0 Å². The summed E-state index contributed by atoms with van der Waals surface area (Å²) >= 11 is 10.3. The van der Waals surface area contributed by atoms with Gasteiger partial charge >= 0.3 is 17.1 Å². The second kappa shape index (κ2) is 20.1. The van der Waals surface area contributed by atoms with E-state index in [1.165, 1.54) is 0 Å². The van der Waals surface area contributed by atoms with Crippen LogP contribution < -0.4 is 20.3 Å². The Hall–Kier alpha value is -2.88. The van der Waals surface area contributed by atoms with Crippen LogP contribution in [-0.2, 0) is 55.4 Å². The molecule has 0 aliphatic rings. The van der Waals surface area contributed by atoms with E-state index >= 15 is 0 Å². The maximum atomic E-state index is 10.5. The second-order valence-corrected chi connectivity index (χ2v) is 8.87. The molecule has 0 saturated heterocycles. The van der Waals surface area contributed by atoms with E-state index in [9.17, 15) is 15.3 Å². The number of amidine groups is 2. The van der Waals surface area contributed by atoms with Crippen molar-refractivity contribution >= 4 is 47.5 Å². The molecule has 0 aromatic heterocycles. The Balaban J connectivity index is 0.00000840. The molecule has 6 N–H and O–H groups in total. The van der Waals surface area contributed by atoms with Gasteiger partial charge < -0.3 is 55.2 Å². The number of rotatable bonds is 15. The zero-order chi connectivity index (χ0) is 29.3. The predicted molar refractivity (Wildman–Crippen MR) is 160 cm³/mol. The van der Waals surface area contributed by atoms with E-state index in [4.69, 9.17) is 39.8 Å². The van der Waals surface area contributed by atoms with Crippen molar-refractivity contribution in [3.63, 3.8) is 0 Å². The minimum absolute atomic E-state index is 0. The second-order valence-electron chi connectivity index (χ2n) is 8.10. The van der Waals surface area contributed by atoms with Crippen LogP contribution in [0.3, 0.4) is 0 Å². The Morgan fingerprint density at radius 2 is 1.29 bits per heavy atom. The van der Waals surface area contributed by atoms with E-state index in [1.807, 2.05) is 62.4 Å². The molecule has 0 bridgehead atoms. The van der Waals surface area contributed by atoms with Gasteiger partial charge in [0.1, 0.15) is 35.5 Å². The van der Waals surface area contributed by atoms with Gasteiger partial charge in [-0.3, -0.25) is 20.8 Å². The molecule has 0 saturated carbocycles. The number of aliphatic hydroxyl groups excluding tert-OH is 4. The van der Waals surface area contributed by atoms with Gasteiger partial charge in [-0.1, -0.05) is 24.3 Å². The molecule has 0 spiro atoms. The Morgan fingerprint density at radius 3 is 1.73 bits per heavy atom. The van der Waals surface area contributed by atoms with Gasteiger partial charge in [0, 0.05) is 0 Å². The summed E-state index contributed by atoms with van der Waals surface area (Å²) in [5.74, 6) is 1.50. The predicted octanol–water partition coefficient (Wildman–Crippen LogP) is 0.583. The van der Waals surface area contributed by atoms with Crippen molar-refractivity contribution in [2.75, 3.05) is 19.8 Å². The molecule has 3 unspecified atom stereocenters. The number of nitrogens with zero attached hydrogens (tertiary/aromatic N) is 4. The number of aliphatic imine (C=N–C) groups is 2. The Kier molecular flexibility index (Phi) is 17.7. The minimum Gasteiger partial charge on any atom is -0.741 e. The van der Waals surface area contributed by atoms with Crippen molar-refractivity contribution in [2.24, 2.45) is 20.2 Å². The van der Waals surface area contributed by atoms with Crippen molar-refractivity contribution in [3.05, 3.63) is 59.7 Å². The molecule has 1 radical (unpaired) electrons. The molecule has 227 valence electrons. The van der Waals surface area contributed by atoms with Crippen molar-refractivity contribution < 1.29 is 47.0 Å². The summed E-state index contributed by atoms with van der Waals surface area (Å²) in [6, 6.07) is 14.7. The molecule has 0 aliphatic heterocycles. The van der Waals surface area contributed by atoms with Crippen molar-refractivity contribution in [2.45, 2.75) is 45.2 Å².